The molecule has 1 amide bonds. The molecular formula is C18H25N5O2. The van der Waals surface area contributed by atoms with Crippen molar-refractivity contribution in [3.05, 3.63) is 36.9 Å². The SMILES string of the molecule is COC1CCC(NC(C)C(=O)Nc2ccc(-n3cncn3)cc2)CC1. The van der Waals surface area contributed by atoms with E-state index in [0.29, 0.717) is 12.1 Å². The zero-order valence-corrected chi connectivity index (χ0v) is 14.7. The number of anilines is 1. The van der Waals surface area contributed by atoms with Crippen molar-refractivity contribution in [1.82, 2.24) is 20.1 Å². The van der Waals surface area contributed by atoms with E-state index in [1.807, 2.05) is 31.2 Å². The quantitative estimate of drug-likeness (QED) is 0.840. The lowest BCUT2D eigenvalue weighted by Crippen LogP contribution is -2.45. The number of hydrogen-bond acceptors (Lipinski definition) is 5. The fourth-order valence-electron chi connectivity index (χ4n) is 3.18. The molecule has 2 N–H and O–H groups in total. The maximum absolute atomic E-state index is 12.4. The van der Waals surface area contributed by atoms with E-state index >= 15 is 0 Å². The molecule has 1 aromatic carbocycles. The molecule has 1 atom stereocenters. The number of nitrogens with zero attached hydrogens (tertiary/aromatic N) is 3. The van der Waals surface area contributed by atoms with Crippen molar-refractivity contribution in [3.63, 3.8) is 0 Å². The van der Waals surface area contributed by atoms with Crippen molar-refractivity contribution in [2.24, 2.45) is 0 Å². The second-order valence-corrected chi connectivity index (χ2v) is 6.47. The van der Waals surface area contributed by atoms with Crippen molar-refractivity contribution in [2.75, 3.05) is 12.4 Å². The van der Waals surface area contributed by atoms with Gasteiger partial charge in [-0.1, -0.05) is 0 Å². The highest BCUT2D eigenvalue weighted by Crippen LogP contribution is 2.21. The average Bonchev–Trinajstić information content (AvgIpc) is 3.17. The summed E-state index contributed by atoms with van der Waals surface area (Å²) in [6.07, 6.45) is 7.68. The Labute approximate surface area is 147 Å². The summed E-state index contributed by atoms with van der Waals surface area (Å²) in [5.41, 5.74) is 1.67. The van der Waals surface area contributed by atoms with Gasteiger partial charge in [0.1, 0.15) is 12.7 Å². The number of carbonyl (C=O) groups excluding carboxylic acids is 1. The van der Waals surface area contributed by atoms with Crippen molar-refractivity contribution < 1.29 is 9.53 Å². The molecule has 1 aliphatic carbocycles. The molecule has 7 heteroatoms. The number of hydrogen-bond donors (Lipinski definition) is 2. The van der Waals surface area contributed by atoms with Crippen LogP contribution in [0.2, 0.25) is 0 Å². The van der Waals surface area contributed by atoms with Gasteiger partial charge in [0.15, 0.2) is 0 Å². The van der Waals surface area contributed by atoms with Crippen LogP contribution >= 0.6 is 0 Å². The van der Waals surface area contributed by atoms with Crippen LogP contribution in [0.3, 0.4) is 0 Å². The van der Waals surface area contributed by atoms with Gasteiger partial charge in [0.25, 0.3) is 0 Å². The average molecular weight is 343 g/mol. The van der Waals surface area contributed by atoms with E-state index in [0.717, 1.165) is 37.1 Å². The van der Waals surface area contributed by atoms with Crippen molar-refractivity contribution in [1.29, 1.82) is 0 Å². The summed E-state index contributed by atoms with van der Waals surface area (Å²) < 4.78 is 7.06. The first-order valence-electron chi connectivity index (χ1n) is 8.70. The highest BCUT2D eigenvalue weighted by Gasteiger charge is 2.24. The van der Waals surface area contributed by atoms with Gasteiger partial charge >= 0.3 is 0 Å². The molecule has 0 bridgehead atoms. The van der Waals surface area contributed by atoms with Gasteiger partial charge in [0, 0.05) is 18.8 Å². The molecular weight excluding hydrogens is 318 g/mol. The molecule has 1 aromatic heterocycles. The topological polar surface area (TPSA) is 81.1 Å². The molecule has 134 valence electrons. The summed E-state index contributed by atoms with van der Waals surface area (Å²) in [5.74, 6) is -0.0256. The number of carbonyl (C=O) groups is 1. The first-order chi connectivity index (χ1) is 12.2. The van der Waals surface area contributed by atoms with E-state index in [4.69, 9.17) is 4.74 Å². The van der Waals surface area contributed by atoms with Crippen LogP contribution in [0.15, 0.2) is 36.9 Å². The minimum Gasteiger partial charge on any atom is -0.381 e. The number of nitrogens with one attached hydrogen (secondary N) is 2. The third-order valence-electron chi connectivity index (χ3n) is 4.70. The lowest BCUT2D eigenvalue weighted by molar-refractivity contribution is -0.118. The Morgan fingerprint density at radius 3 is 2.56 bits per heavy atom. The number of amides is 1. The van der Waals surface area contributed by atoms with Crippen LogP contribution in [-0.4, -0.2) is 46.0 Å². The van der Waals surface area contributed by atoms with Crippen LogP contribution < -0.4 is 10.6 Å². The normalized spacial score (nSPS) is 21.7. The molecule has 1 saturated carbocycles. The predicted molar refractivity (Wildman–Crippen MR) is 95.6 cm³/mol. The number of benzene rings is 1. The summed E-state index contributed by atoms with van der Waals surface area (Å²) in [6, 6.07) is 7.67. The van der Waals surface area contributed by atoms with Gasteiger partial charge in [-0.05, 0) is 56.9 Å². The van der Waals surface area contributed by atoms with Gasteiger partial charge in [0.05, 0.1) is 17.8 Å². The molecule has 1 unspecified atom stereocenters. The minimum absolute atomic E-state index is 0.0256. The Morgan fingerprint density at radius 1 is 1.24 bits per heavy atom. The maximum atomic E-state index is 12.4. The predicted octanol–water partition coefficient (Wildman–Crippen LogP) is 2.14. The summed E-state index contributed by atoms with van der Waals surface area (Å²) in [4.78, 5) is 16.3. The van der Waals surface area contributed by atoms with E-state index in [2.05, 4.69) is 20.7 Å². The van der Waals surface area contributed by atoms with E-state index in [-0.39, 0.29) is 11.9 Å². The zero-order valence-electron chi connectivity index (χ0n) is 14.7. The lowest BCUT2D eigenvalue weighted by Gasteiger charge is -2.30. The molecule has 0 aliphatic heterocycles. The number of ether oxygens (including phenoxy) is 1. The monoisotopic (exact) mass is 343 g/mol. The van der Waals surface area contributed by atoms with Gasteiger partial charge in [-0.2, -0.15) is 5.10 Å². The van der Waals surface area contributed by atoms with E-state index in [1.54, 1.807) is 18.1 Å². The van der Waals surface area contributed by atoms with Crippen LogP contribution in [0.4, 0.5) is 5.69 Å². The molecule has 3 rings (SSSR count). The summed E-state index contributed by atoms with van der Waals surface area (Å²) >= 11 is 0. The van der Waals surface area contributed by atoms with Gasteiger partial charge in [-0.3, -0.25) is 4.79 Å². The van der Waals surface area contributed by atoms with Crippen LogP contribution in [0.1, 0.15) is 32.6 Å². The van der Waals surface area contributed by atoms with Gasteiger partial charge in [-0.15, -0.1) is 0 Å². The third-order valence-corrected chi connectivity index (χ3v) is 4.70. The summed E-state index contributed by atoms with van der Waals surface area (Å²) in [5, 5.41) is 10.5. The second kappa shape index (κ2) is 8.22. The minimum atomic E-state index is -0.237. The standard InChI is InChI=1S/C18H25N5O2/c1-13(21-14-5-9-17(25-2)10-6-14)18(24)22-15-3-7-16(8-4-15)23-12-19-11-20-23/h3-4,7-8,11-14,17,21H,5-6,9-10H2,1-2H3,(H,22,24). The van der Waals surface area contributed by atoms with Gasteiger partial charge < -0.3 is 15.4 Å². The highest BCUT2D eigenvalue weighted by molar-refractivity contribution is 5.94. The molecule has 1 fully saturated rings. The van der Waals surface area contributed by atoms with Crippen LogP contribution in [-0.2, 0) is 9.53 Å². The van der Waals surface area contributed by atoms with E-state index in [9.17, 15) is 4.79 Å². The van der Waals surface area contributed by atoms with Crippen molar-refractivity contribution >= 4 is 11.6 Å². The summed E-state index contributed by atoms with van der Waals surface area (Å²) in [6.45, 7) is 1.90. The Morgan fingerprint density at radius 2 is 1.96 bits per heavy atom. The third kappa shape index (κ3) is 4.64. The largest absolute Gasteiger partial charge is 0.381 e. The molecule has 0 spiro atoms. The highest BCUT2D eigenvalue weighted by atomic mass is 16.5. The maximum Gasteiger partial charge on any atom is 0.241 e. The Balaban J connectivity index is 1.49. The fraction of sp³-hybridized carbons (Fsp3) is 0.500. The van der Waals surface area contributed by atoms with E-state index in [1.165, 1.54) is 6.33 Å². The molecule has 1 heterocycles. The zero-order chi connectivity index (χ0) is 17.6. The molecule has 0 radical (unpaired) electrons. The molecule has 25 heavy (non-hydrogen) atoms. The first kappa shape index (κ1) is 17.6. The Hall–Kier alpha value is -2.25. The van der Waals surface area contributed by atoms with Crippen LogP contribution in [0.25, 0.3) is 5.69 Å². The fourth-order valence-corrected chi connectivity index (χ4v) is 3.18. The Bertz CT molecular complexity index is 663. The van der Waals surface area contributed by atoms with Crippen molar-refractivity contribution in [2.45, 2.75) is 50.8 Å². The van der Waals surface area contributed by atoms with E-state index < -0.39 is 0 Å². The number of rotatable bonds is 6. The first-order valence-corrected chi connectivity index (χ1v) is 8.70. The van der Waals surface area contributed by atoms with Crippen LogP contribution in [0.5, 0.6) is 0 Å². The number of aromatic nitrogens is 3. The van der Waals surface area contributed by atoms with Crippen molar-refractivity contribution in [3.8, 4) is 5.69 Å². The molecule has 1 aliphatic rings. The molecule has 7 nitrogen and oxygen atoms in total. The number of methoxy groups -OCH3 is 1. The van der Waals surface area contributed by atoms with Gasteiger partial charge in [-0.25, -0.2) is 9.67 Å². The lowest BCUT2D eigenvalue weighted by atomic mass is 9.92. The molecule has 0 saturated heterocycles. The molecule has 2 aromatic rings. The second-order valence-electron chi connectivity index (χ2n) is 6.47. The smallest absolute Gasteiger partial charge is 0.241 e. The summed E-state index contributed by atoms with van der Waals surface area (Å²) in [7, 11) is 1.77. The Kier molecular flexibility index (Phi) is 5.78. The van der Waals surface area contributed by atoms with Crippen LogP contribution in [0, 0.1) is 0 Å². The van der Waals surface area contributed by atoms with Gasteiger partial charge in [0.2, 0.25) is 5.91 Å².